The van der Waals surface area contributed by atoms with Crippen LogP contribution in [-0.2, 0) is 6.42 Å². The van der Waals surface area contributed by atoms with Gasteiger partial charge >= 0.3 is 0 Å². The summed E-state index contributed by atoms with van der Waals surface area (Å²) in [7, 11) is 0. The van der Waals surface area contributed by atoms with Gasteiger partial charge in [0.2, 0.25) is 0 Å². The Morgan fingerprint density at radius 3 is 2.64 bits per heavy atom. The molecule has 0 fully saturated rings. The third-order valence-electron chi connectivity index (χ3n) is 3.46. The molecule has 0 aliphatic heterocycles. The van der Waals surface area contributed by atoms with Gasteiger partial charge in [-0.05, 0) is 43.5 Å². The van der Waals surface area contributed by atoms with Crippen molar-refractivity contribution in [3.8, 4) is 5.75 Å². The highest BCUT2D eigenvalue weighted by Crippen LogP contribution is 2.13. The van der Waals surface area contributed by atoms with Crippen LogP contribution in [0.4, 0.5) is 0 Å². The number of ether oxygens (including phenoxy) is 1. The second-order valence-electron chi connectivity index (χ2n) is 5.28. The fraction of sp³-hybridized carbons (Fsp3) is 0.389. The molecule has 4 heteroatoms. The van der Waals surface area contributed by atoms with Crippen molar-refractivity contribution < 1.29 is 13.9 Å². The predicted molar refractivity (Wildman–Crippen MR) is 86.3 cm³/mol. The number of nitrogens with one attached hydrogen (secondary N) is 1. The lowest BCUT2D eigenvalue weighted by Crippen LogP contribution is -2.25. The molecule has 2 aromatic rings. The zero-order valence-corrected chi connectivity index (χ0v) is 13.2. The molecular formula is C18H23NO3. The summed E-state index contributed by atoms with van der Waals surface area (Å²) in [4.78, 5) is 11.9. The first-order chi connectivity index (χ1) is 10.7. The Labute approximate surface area is 131 Å². The van der Waals surface area contributed by atoms with E-state index in [1.807, 2.05) is 31.2 Å². The highest BCUT2D eigenvalue weighted by atomic mass is 16.5. The average Bonchev–Trinajstić information content (AvgIpc) is 2.95. The molecule has 118 valence electrons. The molecule has 0 aliphatic carbocycles. The van der Waals surface area contributed by atoms with Crippen LogP contribution in [-0.4, -0.2) is 19.1 Å². The molecule has 1 heterocycles. The van der Waals surface area contributed by atoms with Gasteiger partial charge < -0.3 is 14.5 Å². The van der Waals surface area contributed by atoms with Crippen molar-refractivity contribution >= 4 is 5.91 Å². The van der Waals surface area contributed by atoms with Crippen molar-refractivity contribution in [3.05, 3.63) is 53.5 Å². The summed E-state index contributed by atoms with van der Waals surface area (Å²) in [6, 6.07) is 9.80. The molecule has 22 heavy (non-hydrogen) atoms. The van der Waals surface area contributed by atoms with Crippen LogP contribution < -0.4 is 10.1 Å². The van der Waals surface area contributed by atoms with Crippen LogP contribution >= 0.6 is 0 Å². The molecule has 0 unspecified atom stereocenters. The van der Waals surface area contributed by atoms with Crippen LogP contribution in [0, 0.1) is 6.92 Å². The first kappa shape index (κ1) is 16.1. The third kappa shape index (κ3) is 4.65. The molecule has 0 saturated carbocycles. The van der Waals surface area contributed by atoms with Crippen molar-refractivity contribution in [2.45, 2.75) is 33.1 Å². The SMILES string of the molecule is CCCCOc1ccc(CCNC(=O)c2occc2C)cc1. The molecule has 1 N–H and O–H groups in total. The van der Waals surface area contributed by atoms with E-state index in [1.54, 1.807) is 6.07 Å². The van der Waals surface area contributed by atoms with Crippen LogP contribution in [0.3, 0.4) is 0 Å². The minimum atomic E-state index is -0.165. The minimum absolute atomic E-state index is 0.165. The van der Waals surface area contributed by atoms with Crippen molar-refractivity contribution in [1.82, 2.24) is 5.32 Å². The average molecular weight is 301 g/mol. The number of unbranched alkanes of at least 4 members (excludes halogenated alkanes) is 1. The van der Waals surface area contributed by atoms with Gasteiger partial charge in [-0.25, -0.2) is 0 Å². The summed E-state index contributed by atoms with van der Waals surface area (Å²) in [6.45, 7) is 5.34. The van der Waals surface area contributed by atoms with Gasteiger partial charge in [0.25, 0.3) is 5.91 Å². The lowest BCUT2D eigenvalue weighted by Gasteiger charge is -2.07. The second kappa shape index (κ2) is 8.27. The van der Waals surface area contributed by atoms with Gasteiger partial charge in [-0.15, -0.1) is 0 Å². The van der Waals surface area contributed by atoms with Gasteiger partial charge in [0.15, 0.2) is 5.76 Å². The second-order valence-corrected chi connectivity index (χ2v) is 5.28. The Hall–Kier alpha value is -2.23. The van der Waals surface area contributed by atoms with Crippen molar-refractivity contribution in [2.24, 2.45) is 0 Å². The number of carbonyl (C=O) groups excluding carboxylic acids is 1. The molecular weight excluding hydrogens is 278 g/mol. The monoisotopic (exact) mass is 301 g/mol. The summed E-state index contributed by atoms with van der Waals surface area (Å²) in [5, 5.41) is 2.87. The number of hydrogen-bond donors (Lipinski definition) is 1. The smallest absolute Gasteiger partial charge is 0.287 e. The summed E-state index contributed by atoms with van der Waals surface area (Å²) >= 11 is 0. The number of benzene rings is 1. The van der Waals surface area contributed by atoms with E-state index in [-0.39, 0.29) is 5.91 Å². The molecule has 1 amide bonds. The number of amides is 1. The molecule has 0 spiro atoms. The van der Waals surface area contributed by atoms with E-state index in [0.717, 1.165) is 37.2 Å². The maximum Gasteiger partial charge on any atom is 0.287 e. The summed E-state index contributed by atoms with van der Waals surface area (Å²) in [6.07, 6.45) is 4.51. The van der Waals surface area contributed by atoms with Gasteiger partial charge in [-0.1, -0.05) is 25.5 Å². The summed E-state index contributed by atoms with van der Waals surface area (Å²) < 4.78 is 10.8. The van der Waals surface area contributed by atoms with Crippen LogP contribution in [0.25, 0.3) is 0 Å². The molecule has 4 nitrogen and oxygen atoms in total. The van der Waals surface area contributed by atoms with Gasteiger partial charge in [0, 0.05) is 12.1 Å². The number of carbonyl (C=O) groups is 1. The third-order valence-corrected chi connectivity index (χ3v) is 3.46. The van der Waals surface area contributed by atoms with Crippen LogP contribution in [0.1, 0.15) is 41.4 Å². The van der Waals surface area contributed by atoms with Crippen molar-refractivity contribution in [1.29, 1.82) is 0 Å². The van der Waals surface area contributed by atoms with Crippen molar-refractivity contribution in [3.63, 3.8) is 0 Å². The zero-order chi connectivity index (χ0) is 15.8. The maximum absolute atomic E-state index is 11.9. The lowest BCUT2D eigenvalue weighted by molar-refractivity contribution is 0.0925. The molecule has 1 aromatic heterocycles. The normalized spacial score (nSPS) is 10.5. The van der Waals surface area contributed by atoms with E-state index in [9.17, 15) is 4.79 Å². The topological polar surface area (TPSA) is 51.5 Å². The lowest BCUT2D eigenvalue weighted by atomic mass is 10.1. The molecule has 0 atom stereocenters. The summed E-state index contributed by atoms with van der Waals surface area (Å²) in [5.74, 6) is 1.12. The molecule has 2 rings (SSSR count). The van der Waals surface area contributed by atoms with E-state index < -0.39 is 0 Å². The Morgan fingerprint density at radius 1 is 1.23 bits per heavy atom. The standard InChI is InChI=1S/C18H23NO3/c1-3-4-12-21-16-7-5-15(6-8-16)9-11-19-18(20)17-14(2)10-13-22-17/h5-8,10,13H,3-4,9,11-12H2,1-2H3,(H,19,20). The zero-order valence-electron chi connectivity index (χ0n) is 13.2. The quantitative estimate of drug-likeness (QED) is 0.756. The van der Waals surface area contributed by atoms with Crippen molar-refractivity contribution in [2.75, 3.05) is 13.2 Å². The fourth-order valence-electron chi connectivity index (χ4n) is 2.09. The first-order valence-electron chi connectivity index (χ1n) is 7.74. The Balaban J connectivity index is 1.75. The first-order valence-corrected chi connectivity index (χ1v) is 7.74. The highest BCUT2D eigenvalue weighted by Gasteiger charge is 2.11. The van der Waals surface area contributed by atoms with Gasteiger partial charge in [-0.3, -0.25) is 4.79 Å². The van der Waals surface area contributed by atoms with Gasteiger partial charge in [0.1, 0.15) is 5.75 Å². The molecule has 0 bridgehead atoms. The summed E-state index contributed by atoms with van der Waals surface area (Å²) in [5.41, 5.74) is 2.02. The van der Waals surface area contributed by atoms with E-state index in [0.29, 0.717) is 12.3 Å². The van der Waals surface area contributed by atoms with Crippen LogP contribution in [0.15, 0.2) is 41.0 Å². The Morgan fingerprint density at radius 2 is 2.00 bits per heavy atom. The highest BCUT2D eigenvalue weighted by molar-refractivity contribution is 5.92. The largest absolute Gasteiger partial charge is 0.494 e. The molecule has 0 saturated heterocycles. The van der Waals surface area contributed by atoms with Gasteiger partial charge in [-0.2, -0.15) is 0 Å². The molecule has 0 aliphatic rings. The maximum atomic E-state index is 11.9. The van der Waals surface area contributed by atoms with E-state index in [2.05, 4.69) is 12.2 Å². The number of hydrogen-bond acceptors (Lipinski definition) is 3. The van der Waals surface area contributed by atoms with Crippen LogP contribution in [0.2, 0.25) is 0 Å². The number of rotatable bonds is 8. The number of aryl methyl sites for hydroxylation is 1. The van der Waals surface area contributed by atoms with Crippen LogP contribution in [0.5, 0.6) is 5.75 Å². The van der Waals surface area contributed by atoms with Gasteiger partial charge in [0.05, 0.1) is 12.9 Å². The van der Waals surface area contributed by atoms with E-state index in [1.165, 1.54) is 11.8 Å². The number of furan rings is 1. The van der Waals surface area contributed by atoms with E-state index >= 15 is 0 Å². The Kier molecular flexibility index (Phi) is 6.07. The fourth-order valence-corrected chi connectivity index (χ4v) is 2.09. The predicted octanol–water partition coefficient (Wildman–Crippen LogP) is 3.74. The Bertz CT molecular complexity index is 587. The van der Waals surface area contributed by atoms with E-state index in [4.69, 9.17) is 9.15 Å². The molecule has 1 aromatic carbocycles. The minimum Gasteiger partial charge on any atom is -0.494 e. The molecule has 0 radical (unpaired) electrons.